The van der Waals surface area contributed by atoms with Crippen molar-refractivity contribution in [2.75, 3.05) is 26.2 Å². The van der Waals surface area contributed by atoms with Crippen molar-refractivity contribution < 1.29 is 22.8 Å². The van der Waals surface area contributed by atoms with E-state index in [1.807, 2.05) is 11.8 Å². The van der Waals surface area contributed by atoms with Crippen LogP contribution in [0, 0.1) is 13.8 Å². The van der Waals surface area contributed by atoms with Gasteiger partial charge in [0.05, 0.1) is 0 Å². The van der Waals surface area contributed by atoms with Gasteiger partial charge in [0.15, 0.2) is 5.76 Å². The van der Waals surface area contributed by atoms with Crippen molar-refractivity contribution in [2.45, 2.75) is 38.1 Å². The van der Waals surface area contributed by atoms with Gasteiger partial charge in [0.2, 0.25) is 10.0 Å². The summed E-state index contributed by atoms with van der Waals surface area (Å²) in [6.07, 6.45) is 0.492. The molecule has 1 aromatic rings. The maximum Gasteiger partial charge on any atom is 0.320 e. The van der Waals surface area contributed by atoms with Crippen molar-refractivity contribution in [3.05, 3.63) is 11.5 Å². The van der Waals surface area contributed by atoms with Gasteiger partial charge in [0.1, 0.15) is 16.6 Å². The highest BCUT2D eigenvalue weighted by atomic mass is 32.2. The fourth-order valence-corrected chi connectivity index (χ4v) is 4.53. The zero-order valence-corrected chi connectivity index (χ0v) is 13.8. The molecule has 1 aliphatic heterocycles. The van der Waals surface area contributed by atoms with Gasteiger partial charge in [0.25, 0.3) is 0 Å². The number of aromatic nitrogens is 1. The van der Waals surface area contributed by atoms with E-state index in [2.05, 4.69) is 5.16 Å². The molecule has 1 aromatic heterocycles. The number of hydrogen-bond acceptors (Lipinski definition) is 6. The lowest BCUT2D eigenvalue weighted by Crippen LogP contribution is -2.53. The molecule has 0 saturated carbocycles. The summed E-state index contributed by atoms with van der Waals surface area (Å²) < 4.78 is 31.6. The first-order valence-corrected chi connectivity index (χ1v) is 8.63. The van der Waals surface area contributed by atoms with Gasteiger partial charge in [-0.1, -0.05) is 12.1 Å². The van der Waals surface area contributed by atoms with Gasteiger partial charge >= 0.3 is 5.97 Å². The van der Waals surface area contributed by atoms with Crippen molar-refractivity contribution in [2.24, 2.45) is 0 Å². The summed E-state index contributed by atoms with van der Waals surface area (Å²) in [6.45, 7) is 6.29. The third-order valence-corrected chi connectivity index (χ3v) is 6.10. The van der Waals surface area contributed by atoms with Crippen molar-refractivity contribution in [3.8, 4) is 0 Å². The Kier molecular flexibility index (Phi) is 4.88. The first-order chi connectivity index (χ1) is 10.3. The normalized spacial score (nSPS) is 19.2. The van der Waals surface area contributed by atoms with Gasteiger partial charge in [-0.3, -0.25) is 9.69 Å². The summed E-state index contributed by atoms with van der Waals surface area (Å²) >= 11 is 0. The third kappa shape index (κ3) is 3.01. The first kappa shape index (κ1) is 16.9. The molecule has 0 bridgehead atoms. The molecule has 0 spiro atoms. The molecule has 8 nitrogen and oxygen atoms in total. The number of nitrogens with zero attached hydrogens (tertiary/aromatic N) is 3. The van der Waals surface area contributed by atoms with Crippen LogP contribution in [0.1, 0.15) is 24.8 Å². The van der Waals surface area contributed by atoms with Gasteiger partial charge in [-0.2, -0.15) is 4.31 Å². The van der Waals surface area contributed by atoms with Crippen LogP contribution in [-0.4, -0.2) is 66.1 Å². The zero-order chi connectivity index (χ0) is 16.5. The van der Waals surface area contributed by atoms with E-state index < -0.39 is 22.0 Å². The van der Waals surface area contributed by atoms with Crippen molar-refractivity contribution in [3.63, 3.8) is 0 Å². The molecule has 0 amide bonds. The summed E-state index contributed by atoms with van der Waals surface area (Å²) in [5.74, 6) is -0.596. The van der Waals surface area contributed by atoms with E-state index in [9.17, 15) is 18.3 Å². The standard InChI is InChI=1S/C13H21N3O5S/c1-4-11(13(17)18)15-5-7-16(8-6-15)22(19,20)12-9(2)14-21-10(12)3/h11H,4-8H2,1-3H3,(H,17,18). The number of carboxylic acid groups (broad SMARTS) is 1. The Hall–Kier alpha value is -1.45. The number of aliphatic carboxylic acids is 1. The van der Waals surface area contributed by atoms with E-state index in [0.717, 1.165) is 0 Å². The molecular formula is C13H21N3O5S. The topological polar surface area (TPSA) is 104 Å². The summed E-state index contributed by atoms with van der Waals surface area (Å²) in [5, 5.41) is 12.9. The number of rotatable bonds is 5. The van der Waals surface area contributed by atoms with Gasteiger partial charge in [0, 0.05) is 26.2 Å². The Morgan fingerprint density at radius 2 is 1.91 bits per heavy atom. The highest BCUT2D eigenvalue weighted by Gasteiger charge is 2.35. The molecule has 0 radical (unpaired) electrons. The Morgan fingerprint density at radius 3 is 2.32 bits per heavy atom. The fourth-order valence-electron chi connectivity index (χ4n) is 2.82. The van der Waals surface area contributed by atoms with Crippen molar-refractivity contribution in [1.29, 1.82) is 0 Å². The SMILES string of the molecule is CCC(C(=O)O)N1CCN(S(=O)(=O)c2c(C)noc2C)CC1. The van der Waals surface area contributed by atoms with E-state index in [1.165, 1.54) is 4.31 Å². The Balaban J connectivity index is 2.13. The Labute approximate surface area is 129 Å². The number of carbonyl (C=O) groups is 1. The summed E-state index contributed by atoms with van der Waals surface area (Å²) in [4.78, 5) is 13.1. The molecule has 1 N–H and O–H groups in total. The molecule has 0 aromatic carbocycles. The predicted molar refractivity (Wildman–Crippen MR) is 78.0 cm³/mol. The zero-order valence-electron chi connectivity index (χ0n) is 12.9. The molecule has 9 heteroatoms. The summed E-state index contributed by atoms with van der Waals surface area (Å²) in [5.41, 5.74) is 0.344. The van der Waals surface area contributed by atoms with Gasteiger partial charge in [-0.25, -0.2) is 8.42 Å². The fraction of sp³-hybridized carbons (Fsp3) is 0.692. The quantitative estimate of drug-likeness (QED) is 0.836. The largest absolute Gasteiger partial charge is 0.480 e. The molecule has 0 aliphatic carbocycles. The molecule has 1 fully saturated rings. The lowest BCUT2D eigenvalue weighted by Gasteiger charge is -2.36. The van der Waals surface area contributed by atoms with Crippen LogP contribution < -0.4 is 0 Å². The van der Waals surface area contributed by atoms with Gasteiger partial charge in [-0.15, -0.1) is 0 Å². The average molecular weight is 331 g/mol. The smallest absolute Gasteiger partial charge is 0.320 e. The molecular weight excluding hydrogens is 310 g/mol. The predicted octanol–water partition coefficient (Wildman–Crippen LogP) is 0.461. The van der Waals surface area contributed by atoms with Crippen LogP contribution in [0.25, 0.3) is 0 Å². The molecule has 1 atom stereocenters. The molecule has 1 aliphatic rings. The highest BCUT2D eigenvalue weighted by Crippen LogP contribution is 2.24. The van der Waals surface area contributed by atoms with E-state index in [0.29, 0.717) is 25.2 Å². The minimum atomic E-state index is -3.65. The lowest BCUT2D eigenvalue weighted by atomic mass is 10.1. The van der Waals surface area contributed by atoms with E-state index >= 15 is 0 Å². The molecule has 1 unspecified atom stereocenters. The number of carboxylic acids is 1. The van der Waals surface area contributed by atoms with Crippen molar-refractivity contribution >= 4 is 16.0 Å². The minimum absolute atomic E-state index is 0.117. The second kappa shape index (κ2) is 6.35. The van der Waals surface area contributed by atoms with E-state index in [1.54, 1.807) is 13.8 Å². The van der Waals surface area contributed by atoms with Crippen LogP contribution in [0.2, 0.25) is 0 Å². The Bertz CT molecular complexity index is 627. The second-order valence-corrected chi connectivity index (χ2v) is 7.23. The Morgan fingerprint density at radius 1 is 1.32 bits per heavy atom. The first-order valence-electron chi connectivity index (χ1n) is 7.19. The van der Waals surface area contributed by atoms with Crippen LogP contribution in [0.4, 0.5) is 0 Å². The van der Waals surface area contributed by atoms with Crippen molar-refractivity contribution in [1.82, 2.24) is 14.4 Å². The maximum absolute atomic E-state index is 12.7. The molecule has 22 heavy (non-hydrogen) atoms. The van der Waals surface area contributed by atoms with E-state index in [4.69, 9.17) is 4.52 Å². The van der Waals surface area contributed by atoms with Gasteiger partial charge < -0.3 is 9.63 Å². The summed E-state index contributed by atoms with van der Waals surface area (Å²) in [7, 11) is -3.65. The second-order valence-electron chi connectivity index (χ2n) is 5.36. The van der Waals surface area contributed by atoms with Gasteiger partial charge in [-0.05, 0) is 20.3 Å². The molecule has 124 valence electrons. The van der Waals surface area contributed by atoms with E-state index in [-0.39, 0.29) is 23.7 Å². The lowest BCUT2D eigenvalue weighted by molar-refractivity contribution is -0.143. The highest BCUT2D eigenvalue weighted by molar-refractivity contribution is 7.89. The van der Waals surface area contributed by atoms with Crippen LogP contribution in [-0.2, 0) is 14.8 Å². The third-order valence-electron chi connectivity index (χ3n) is 3.95. The number of hydrogen-bond donors (Lipinski definition) is 1. The number of piperazine rings is 1. The average Bonchev–Trinajstić information content (AvgIpc) is 2.79. The number of sulfonamides is 1. The molecule has 1 saturated heterocycles. The van der Waals surface area contributed by atoms with Crippen LogP contribution in [0.3, 0.4) is 0 Å². The molecule has 2 rings (SSSR count). The number of aryl methyl sites for hydroxylation is 2. The van der Waals surface area contributed by atoms with Crippen LogP contribution >= 0.6 is 0 Å². The summed E-state index contributed by atoms with van der Waals surface area (Å²) in [6, 6.07) is -0.566. The molecule has 2 heterocycles. The monoisotopic (exact) mass is 331 g/mol. The maximum atomic E-state index is 12.7. The minimum Gasteiger partial charge on any atom is -0.480 e. The van der Waals surface area contributed by atoms with Crippen LogP contribution in [0.5, 0.6) is 0 Å². The van der Waals surface area contributed by atoms with Crippen LogP contribution in [0.15, 0.2) is 9.42 Å².